The minimum absolute atomic E-state index is 0.201. The van der Waals surface area contributed by atoms with Crippen LogP contribution < -0.4 is 14.8 Å². The highest BCUT2D eigenvalue weighted by Gasteiger charge is 2.32. The molecule has 5 rings (SSSR count). The van der Waals surface area contributed by atoms with E-state index in [2.05, 4.69) is 21.7 Å². The summed E-state index contributed by atoms with van der Waals surface area (Å²) in [5.74, 6) is 1.06. The topological polar surface area (TPSA) is 103 Å². The largest absolute Gasteiger partial charge is 0.494 e. The minimum atomic E-state index is -3.88. The molecule has 2 fully saturated rings. The third-order valence-corrected chi connectivity index (χ3v) is 11.5. The zero-order valence-electron chi connectivity index (χ0n) is 24.1. The van der Waals surface area contributed by atoms with Crippen molar-refractivity contribution in [3.8, 4) is 5.75 Å². The van der Waals surface area contributed by atoms with E-state index >= 15 is 0 Å². The molecule has 0 amide bonds. The fourth-order valence-corrected chi connectivity index (χ4v) is 8.15. The molecule has 8 nitrogen and oxygen atoms in total. The number of aliphatic hydroxyl groups is 1. The average molecular weight is 597 g/mol. The van der Waals surface area contributed by atoms with Crippen LogP contribution >= 0.6 is 0 Å². The molecule has 2 aliphatic heterocycles. The summed E-state index contributed by atoms with van der Waals surface area (Å²) in [4.78, 5) is 20.2. The van der Waals surface area contributed by atoms with E-state index in [-0.39, 0.29) is 16.4 Å². The molecule has 221 valence electrons. The van der Waals surface area contributed by atoms with Crippen LogP contribution in [0, 0.1) is 5.92 Å². The highest BCUT2D eigenvalue weighted by atomic mass is 32.2. The Hall–Kier alpha value is -2.50. The van der Waals surface area contributed by atoms with Gasteiger partial charge in [0.05, 0.1) is 22.7 Å². The molecule has 41 heavy (non-hydrogen) atoms. The molecule has 10 heteroatoms. The van der Waals surface area contributed by atoms with Crippen LogP contribution in [-0.4, -0.2) is 82.7 Å². The normalized spacial score (nSPS) is 17.9. The van der Waals surface area contributed by atoms with E-state index in [1.165, 1.54) is 6.20 Å². The zero-order valence-corrected chi connectivity index (χ0v) is 25.9. The van der Waals surface area contributed by atoms with Gasteiger partial charge in [-0.05, 0) is 99.2 Å². The molecule has 2 saturated heterocycles. The van der Waals surface area contributed by atoms with Gasteiger partial charge in [0, 0.05) is 37.3 Å². The Kier molecular flexibility index (Phi) is 9.65. The Morgan fingerprint density at radius 1 is 1.02 bits per heavy atom. The molecule has 0 unspecified atom stereocenters. The maximum Gasteiger partial charge on any atom is 0.239 e. The number of unbranched alkanes of at least 4 members (excludes halogenated alkanes) is 1. The molecule has 3 heterocycles. The van der Waals surface area contributed by atoms with Gasteiger partial charge >= 0.3 is 0 Å². The van der Waals surface area contributed by atoms with E-state index in [9.17, 15) is 18.3 Å². The number of nitrogens with zero attached hydrogens (tertiary/aromatic N) is 3. The van der Waals surface area contributed by atoms with Crippen LogP contribution in [0.15, 0.2) is 58.5 Å². The number of likely N-dealkylation sites (tertiary alicyclic amines) is 1. The van der Waals surface area contributed by atoms with Gasteiger partial charge in [-0.2, -0.15) is 0 Å². The molecular weight excluding hydrogens is 555 g/mol. The summed E-state index contributed by atoms with van der Waals surface area (Å²) in [5, 5.41) is 11.1. The van der Waals surface area contributed by atoms with Crippen LogP contribution in [-0.2, 0) is 9.84 Å². The SMILES string of the molecule is CCCCOc1ccc(S(=O)(=O)c2cnc3ccc([Si](C)O)cc3c2N2CCC(N3CCC(CO)CC3)CC2)cc1. The van der Waals surface area contributed by atoms with Crippen molar-refractivity contribution in [1.82, 2.24) is 9.88 Å². The number of rotatable bonds is 10. The number of sulfone groups is 1. The van der Waals surface area contributed by atoms with Gasteiger partial charge in [0.25, 0.3) is 0 Å². The van der Waals surface area contributed by atoms with Crippen molar-refractivity contribution in [3.63, 3.8) is 0 Å². The summed E-state index contributed by atoms with van der Waals surface area (Å²) < 4.78 is 34.0. The lowest BCUT2D eigenvalue weighted by molar-refractivity contribution is 0.0896. The molecule has 3 aromatic rings. The summed E-state index contributed by atoms with van der Waals surface area (Å²) in [7, 11) is -5.60. The van der Waals surface area contributed by atoms with Gasteiger partial charge < -0.3 is 24.4 Å². The number of benzene rings is 2. The number of anilines is 1. The quantitative estimate of drug-likeness (QED) is 0.270. The van der Waals surface area contributed by atoms with E-state index in [0.717, 1.165) is 80.8 Å². The Morgan fingerprint density at radius 3 is 2.37 bits per heavy atom. The van der Waals surface area contributed by atoms with E-state index in [4.69, 9.17) is 4.74 Å². The van der Waals surface area contributed by atoms with E-state index in [1.807, 2.05) is 24.7 Å². The molecule has 2 aliphatic rings. The van der Waals surface area contributed by atoms with Crippen molar-refractivity contribution in [2.45, 2.75) is 67.8 Å². The van der Waals surface area contributed by atoms with Crippen molar-refractivity contribution in [3.05, 3.63) is 48.7 Å². The minimum Gasteiger partial charge on any atom is -0.494 e. The lowest BCUT2D eigenvalue weighted by Crippen LogP contribution is -2.48. The number of fused-ring (bicyclic) bond motifs is 1. The molecule has 0 atom stereocenters. The Labute approximate surface area is 245 Å². The van der Waals surface area contributed by atoms with Gasteiger partial charge in [0.2, 0.25) is 18.9 Å². The third kappa shape index (κ3) is 6.62. The van der Waals surface area contributed by atoms with Crippen molar-refractivity contribution >= 4 is 40.7 Å². The maximum absolute atomic E-state index is 14.1. The van der Waals surface area contributed by atoms with Gasteiger partial charge in [0.1, 0.15) is 10.6 Å². The predicted octanol–water partition coefficient (Wildman–Crippen LogP) is 3.74. The molecule has 1 aromatic heterocycles. The van der Waals surface area contributed by atoms with Crippen molar-refractivity contribution in [1.29, 1.82) is 0 Å². The number of aliphatic hydroxyl groups excluding tert-OH is 1. The van der Waals surface area contributed by atoms with Gasteiger partial charge in [-0.3, -0.25) is 4.98 Å². The second kappa shape index (κ2) is 13.2. The molecular formula is C31H42N3O5SSi. The van der Waals surface area contributed by atoms with Crippen LogP contribution in [0.5, 0.6) is 5.75 Å². The van der Waals surface area contributed by atoms with Gasteiger partial charge in [-0.15, -0.1) is 0 Å². The van der Waals surface area contributed by atoms with Crippen molar-refractivity contribution in [2.24, 2.45) is 5.92 Å². The van der Waals surface area contributed by atoms with E-state index in [1.54, 1.807) is 24.3 Å². The molecule has 0 saturated carbocycles. The molecule has 2 N–H and O–H groups in total. The van der Waals surface area contributed by atoms with Crippen LogP contribution in [0.4, 0.5) is 5.69 Å². The lowest BCUT2D eigenvalue weighted by Gasteiger charge is -2.42. The smallest absolute Gasteiger partial charge is 0.239 e. The monoisotopic (exact) mass is 596 g/mol. The lowest BCUT2D eigenvalue weighted by atomic mass is 9.94. The van der Waals surface area contributed by atoms with Crippen LogP contribution in [0.1, 0.15) is 45.4 Å². The summed E-state index contributed by atoms with van der Waals surface area (Å²) in [6, 6.07) is 12.8. The second-order valence-electron chi connectivity index (χ2n) is 11.3. The maximum atomic E-state index is 14.1. The highest BCUT2D eigenvalue weighted by Crippen LogP contribution is 2.38. The first-order valence-electron chi connectivity index (χ1n) is 14.8. The Balaban J connectivity index is 1.47. The first-order chi connectivity index (χ1) is 19.8. The van der Waals surface area contributed by atoms with E-state index < -0.39 is 18.9 Å². The third-order valence-electron chi connectivity index (χ3n) is 8.62. The summed E-state index contributed by atoms with van der Waals surface area (Å²) in [6.45, 7) is 8.28. The number of aromatic nitrogens is 1. The summed E-state index contributed by atoms with van der Waals surface area (Å²) in [5.41, 5.74) is 1.40. The fraction of sp³-hybridized carbons (Fsp3) is 0.516. The molecule has 1 radical (unpaired) electrons. The summed E-state index contributed by atoms with van der Waals surface area (Å²) >= 11 is 0. The standard InChI is InChI=1S/C31H42N3O5SSi/c1-3-4-19-39-25-5-7-26(8-6-25)40(36,37)30-21-32-29-10-9-27(41(2)38)20-28(29)31(30)34-17-13-24(14-18-34)33-15-11-23(22-35)12-16-33/h5-10,20-21,23-24,35,38H,3-4,11-19,22H2,1-2H3. The number of hydrogen-bond donors (Lipinski definition) is 2. The Morgan fingerprint density at radius 2 is 1.73 bits per heavy atom. The zero-order chi connectivity index (χ0) is 29.0. The number of pyridine rings is 1. The summed E-state index contributed by atoms with van der Waals surface area (Å²) in [6.07, 6.45) is 7.42. The first kappa shape index (κ1) is 30.0. The fourth-order valence-electron chi connectivity index (χ4n) is 6.04. The van der Waals surface area contributed by atoms with Gasteiger partial charge in [0.15, 0.2) is 0 Å². The number of ether oxygens (including phenoxy) is 1. The van der Waals surface area contributed by atoms with Gasteiger partial charge in [-0.25, -0.2) is 8.42 Å². The molecule has 0 spiro atoms. The first-order valence-corrected chi connectivity index (χ1v) is 18.3. The number of hydrogen-bond acceptors (Lipinski definition) is 8. The van der Waals surface area contributed by atoms with Crippen molar-refractivity contribution < 1.29 is 23.1 Å². The van der Waals surface area contributed by atoms with Crippen LogP contribution in [0.3, 0.4) is 0 Å². The van der Waals surface area contributed by atoms with Gasteiger partial charge in [-0.1, -0.05) is 19.4 Å². The average Bonchev–Trinajstić information content (AvgIpc) is 3.00. The Bertz CT molecular complexity index is 1420. The van der Waals surface area contributed by atoms with Crippen molar-refractivity contribution in [2.75, 3.05) is 44.3 Å². The molecule has 2 aromatic carbocycles. The molecule has 0 aliphatic carbocycles. The van der Waals surface area contributed by atoms with E-state index in [0.29, 0.717) is 30.0 Å². The highest BCUT2D eigenvalue weighted by molar-refractivity contribution is 7.91. The predicted molar refractivity (Wildman–Crippen MR) is 164 cm³/mol. The second-order valence-corrected chi connectivity index (χ2v) is 15.0. The number of piperidine rings is 2. The van der Waals surface area contributed by atoms with Crippen LogP contribution in [0.2, 0.25) is 6.55 Å². The molecule has 0 bridgehead atoms. The van der Waals surface area contributed by atoms with Crippen LogP contribution in [0.25, 0.3) is 10.9 Å².